The minimum absolute atomic E-state index is 0.372. The van der Waals surface area contributed by atoms with Crippen LogP contribution in [0.4, 0.5) is 5.69 Å². The third-order valence-corrected chi connectivity index (χ3v) is 10.2. The Balaban J connectivity index is 0.00000245. The summed E-state index contributed by atoms with van der Waals surface area (Å²) in [6.07, 6.45) is 20.6. The zero-order chi connectivity index (χ0) is 37.8. The maximum Gasteiger partial charge on any atom is 0.123 e. The van der Waals surface area contributed by atoms with Gasteiger partial charge in [-0.2, -0.15) is 0 Å². The van der Waals surface area contributed by atoms with Gasteiger partial charge in [0.2, 0.25) is 0 Å². The number of rotatable bonds is 11. The molecule has 0 saturated carbocycles. The molecule has 0 amide bonds. The van der Waals surface area contributed by atoms with Gasteiger partial charge >= 0.3 is 0 Å². The van der Waals surface area contributed by atoms with Crippen LogP contribution in [-0.4, -0.2) is 6.54 Å². The number of ether oxygens (including phenoxy) is 1. The van der Waals surface area contributed by atoms with E-state index in [1.165, 1.54) is 50.1 Å². The van der Waals surface area contributed by atoms with E-state index < -0.39 is 0 Å². The minimum atomic E-state index is -0.372. The molecular formula is C52H51NO. The van der Waals surface area contributed by atoms with Crippen molar-refractivity contribution in [3.63, 3.8) is 0 Å². The summed E-state index contributed by atoms with van der Waals surface area (Å²) in [6.45, 7) is 16.1. The van der Waals surface area contributed by atoms with E-state index in [4.69, 9.17) is 4.74 Å². The molecule has 54 heavy (non-hydrogen) atoms. The molecule has 0 saturated heterocycles. The predicted molar refractivity (Wildman–Crippen MR) is 232 cm³/mol. The van der Waals surface area contributed by atoms with Gasteiger partial charge < -0.3 is 9.64 Å². The van der Waals surface area contributed by atoms with Crippen molar-refractivity contribution in [2.45, 2.75) is 45.1 Å². The molecule has 5 aromatic carbocycles. The molecule has 7 rings (SSSR count). The topological polar surface area (TPSA) is 12.5 Å². The van der Waals surface area contributed by atoms with E-state index in [1.807, 2.05) is 0 Å². The maximum absolute atomic E-state index is 6.45. The highest BCUT2D eigenvalue weighted by Gasteiger charge is 2.46. The average molecular weight is 706 g/mol. The zero-order valence-corrected chi connectivity index (χ0v) is 31.8. The number of benzene rings is 5. The molecule has 1 atom stereocenters. The summed E-state index contributed by atoms with van der Waals surface area (Å²) in [5.74, 6) is 0.964. The lowest BCUT2D eigenvalue weighted by molar-refractivity contribution is 0.293. The van der Waals surface area contributed by atoms with Gasteiger partial charge in [-0.25, -0.2) is 0 Å². The van der Waals surface area contributed by atoms with Crippen LogP contribution in [0.5, 0.6) is 5.75 Å². The monoisotopic (exact) mass is 705 g/mol. The highest BCUT2D eigenvalue weighted by Crippen LogP contribution is 2.55. The lowest BCUT2D eigenvalue weighted by atomic mass is 9.66. The Hall–Kier alpha value is -6.12. The van der Waals surface area contributed by atoms with Crippen molar-refractivity contribution >= 4 is 11.3 Å². The molecule has 0 bridgehead atoms. The number of hydrogen-bond donors (Lipinski definition) is 0. The standard InChI is InChI=1S/C50H47NO.C2H4/c1-4-6-8-10-20-38(3)51(43-33-31-40(32-34-43)39-21-11-9-12-22-39)35-19-26-45-44-25-15-17-29-48(44)50(47(45)27-7-5-2)36-41-23-14-18-30-49(41)52-37-42-24-13-16-28-46(42)50;1-2/h6-34H,3-5,35-37H2,1-2H3;1-2H2/b8-6-,20-10-,26-19+,27-7-;. The van der Waals surface area contributed by atoms with Gasteiger partial charge in [-0.15, -0.1) is 13.2 Å². The van der Waals surface area contributed by atoms with Gasteiger partial charge in [-0.05, 0) is 93.6 Å². The van der Waals surface area contributed by atoms with Crippen molar-refractivity contribution in [3.05, 3.63) is 235 Å². The van der Waals surface area contributed by atoms with Gasteiger partial charge in [0.05, 0.1) is 5.41 Å². The molecule has 1 unspecified atom stereocenters. The van der Waals surface area contributed by atoms with Crippen molar-refractivity contribution in [1.82, 2.24) is 0 Å². The van der Waals surface area contributed by atoms with Crippen molar-refractivity contribution in [3.8, 4) is 16.9 Å². The molecule has 1 aliphatic carbocycles. The minimum Gasteiger partial charge on any atom is -0.489 e. The van der Waals surface area contributed by atoms with E-state index in [1.54, 1.807) is 0 Å². The molecule has 0 fully saturated rings. The second kappa shape index (κ2) is 18.1. The molecule has 0 aromatic heterocycles. The third kappa shape index (κ3) is 7.80. The first-order chi connectivity index (χ1) is 26.6. The first-order valence-electron chi connectivity index (χ1n) is 19.1. The molecular weight excluding hydrogens is 655 g/mol. The number of hydrogen-bond acceptors (Lipinski definition) is 2. The summed E-state index contributed by atoms with van der Waals surface area (Å²) in [7, 11) is 0. The van der Waals surface area contributed by atoms with E-state index in [-0.39, 0.29) is 5.41 Å². The Labute approximate surface area is 323 Å². The number of anilines is 1. The lowest BCUT2D eigenvalue weighted by Crippen LogP contribution is -2.33. The van der Waals surface area contributed by atoms with Crippen LogP contribution < -0.4 is 9.64 Å². The molecule has 5 aromatic rings. The van der Waals surface area contributed by atoms with Gasteiger partial charge in [0.25, 0.3) is 0 Å². The number of allylic oxidation sites excluding steroid dienone is 9. The van der Waals surface area contributed by atoms with Crippen LogP contribution in [0.1, 0.15) is 54.5 Å². The van der Waals surface area contributed by atoms with E-state index >= 15 is 0 Å². The predicted octanol–water partition coefficient (Wildman–Crippen LogP) is 13.4. The molecule has 1 heterocycles. The summed E-state index contributed by atoms with van der Waals surface area (Å²) in [5, 5.41) is 0. The van der Waals surface area contributed by atoms with E-state index in [9.17, 15) is 0 Å². The summed E-state index contributed by atoms with van der Waals surface area (Å²) >= 11 is 0. The molecule has 2 nitrogen and oxygen atoms in total. The quantitative estimate of drug-likeness (QED) is 0.100. The summed E-state index contributed by atoms with van der Waals surface area (Å²) in [6, 6.07) is 45.8. The fraction of sp³-hybridized carbons (Fsp3) is 0.154. The van der Waals surface area contributed by atoms with Crippen LogP contribution >= 0.6 is 0 Å². The van der Waals surface area contributed by atoms with Crippen LogP contribution in [-0.2, 0) is 18.4 Å². The van der Waals surface area contributed by atoms with Gasteiger partial charge in [-0.1, -0.05) is 172 Å². The van der Waals surface area contributed by atoms with Crippen molar-refractivity contribution in [2.75, 3.05) is 11.4 Å². The van der Waals surface area contributed by atoms with E-state index in [0.29, 0.717) is 13.2 Å². The Morgan fingerprint density at radius 3 is 2.07 bits per heavy atom. The average Bonchev–Trinajstić information content (AvgIpc) is 3.49. The van der Waals surface area contributed by atoms with Gasteiger partial charge in [0.15, 0.2) is 0 Å². The molecule has 270 valence electrons. The molecule has 0 radical (unpaired) electrons. The smallest absolute Gasteiger partial charge is 0.123 e. The van der Waals surface area contributed by atoms with Crippen molar-refractivity contribution in [1.29, 1.82) is 0 Å². The molecule has 0 N–H and O–H groups in total. The van der Waals surface area contributed by atoms with Crippen LogP contribution in [0.3, 0.4) is 0 Å². The number of fused-ring (bicyclic) bond motifs is 5. The zero-order valence-electron chi connectivity index (χ0n) is 31.8. The Morgan fingerprint density at radius 2 is 1.31 bits per heavy atom. The van der Waals surface area contributed by atoms with Gasteiger partial charge in [0.1, 0.15) is 12.4 Å². The maximum atomic E-state index is 6.45. The Kier molecular flexibility index (Phi) is 12.6. The van der Waals surface area contributed by atoms with Crippen molar-refractivity contribution < 1.29 is 4.74 Å². The molecule has 2 heteroatoms. The van der Waals surface area contributed by atoms with Crippen LogP contribution in [0.15, 0.2) is 207 Å². The lowest BCUT2D eigenvalue weighted by Gasteiger charge is -2.37. The van der Waals surface area contributed by atoms with E-state index in [0.717, 1.165) is 36.4 Å². The highest BCUT2D eigenvalue weighted by atomic mass is 16.5. The third-order valence-electron chi connectivity index (χ3n) is 10.2. The fourth-order valence-corrected chi connectivity index (χ4v) is 7.73. The summed E-state index contributed by atoms with van der Waals surface area (Å²) in [5.41, 5.74) is 13.1. The van der Waals surface area contributed by atoms with Gasteiger partial charge in [0, 0.05) is 17.9 Å². The van der Waals surface area contributed by atoms with Crippen LogP contribution in [0.2, 0.25) is 0 Å². The van der Waals surface area contributed by atoms with Crippen LogP contribution in [0.25, 0.3) is 16.7 Å². The van der Waals surface area contributed by atoms with Gasteiger partial charge in [-0.3, -0.25) is 0 Å². The normalized spacial score (nSPS) is 16.1. The molecule has 1 spiro atoms. The first-order valence-corrected chi connectivity index (χ1v) is 19.1. The fourth-order valence-electron chi connectivity index (χ4n) is 7.73. The summed E-state index contributed by atoms with van der Waals surface area (Å²) in [4.78, 5) is 2.29. The highest BCUT2D eigenvalue weighted by molar-refractivity contribution is 5.90. The Bertz CT molecular complexity index is 2200. The second-order valence-electron chi connectivity index (χ2n) is 13.4. The largest absolute Gasteiger partial charge is 0.489 e. The molecule has 1 aliphatic heterocycles. The van der Waals surface area contributed by atoms with Crippen LogP contribution in [0, 0.1) is 0 Å². The van der Waals surface area contributed by atoms with Crippen molar-refractivity contribution in [2.24, 2.45) is 0 Å². The Morgan fingerprint density at radius 1 is 0.667 bits per heavy atom. The first kappa shape index (κ1) is 37.6. The SMILES string of the molecule is C=C.C=C(/C=C\C=C/CC)N(C/C=C/C1=C(/C=C\CC)C2(Cc3ccccc3OCc3ccccc32)c2ccccc21)c1ccc(-c2ccccc2)cc1. The molecule has 2 aliphatic rings. The van der Waals surface area contributed by atoms with E-state index in [2.05, 4.69) is 214 Å². The summed E-state index contributed by atoms with van der Waals surface area (Å²) < 4.78 is 6.45. The number of para-hydroxylation sites is 1. The second-order valence-corrected chi connectivity index (χ2v) is 13.4. The number of nitrogens with zero attached hydrogens (tertiary/aromatic N) is 1.